The number of rotatable bonds is 2. The molecular weight excluding hydrogens is 296 g/mol. The molecule has 2 unspecified atom stereocenters. The van der Waals surface area contributed by atoms with Crippen LogP contribution in [0.5, 0.6) is 0 Å². The lowest BCUT2D eigenvalue weighted by Crippen LogP contribution is -2.47. The highest BCUT2D eigenvalue weighted by Gasteiger charge is 2.46. The van der Waals surface area contributed by atoms with E-state index >= 15 is 0 Å². The van der Waals surface area contributed by atoms with Gasteiger partial charge in [0.2, 0.25) is 6.41 Å². The smallest absolute Gasteiger partial charge is 0.209 e. The van der Waals surface area contributed by atoms with Gasteiger partial charge in [-0.2, -0.15) is 0 Å². The average molecular weight is 318 g/mol. The first kappa shape index (κ1) is 14.2. The van der Waals surface area contributed by atoms with Crippen molar-refractivity contribution in [2.24, 2.45) is 0 Å². The Balaban J connectivity index is 1.61. The van der Waals surface area contributed by atoms with E-state index in [9.17, 15) is 4.79 Å². The molecule has 0 radical (unpaired) electrons. The SMILES string of the molecule is O=CN1CCN(C2c3ccccc3C3CC3c3ccccc32)CC1. The summed E-state index contributed by atoms with van der Waals surface area (Å²) in [6.07, 6.45) is 2.28. The second-order valence-electron chi connectivity index (χ2n) is 7.29. The molecule has 0 aromatic heterocycles. The summed E-state index contributed by atoms with van der Waals surface area (Å²) in [7, 11) is 0. The fraction of sp³-hybridized carbons (Fsp3) is 0.381. The Morgan fingerprint density at radius 1 is 0.750 bits per heavy atom. The number of benzene rings is 2. The number of carbonyl (C=O) groups excluding carboxylic acids is 1. The number of piperazine rings is 1. The van der Waals surface area contributed by atoms with Crippen LogP contribution in [0.3, 0.4) is 0 Å². The Morgan fingerprint density at radius 2 is 1.25 bits per heavy atom. The second-order valence-corrected chi connectivity index (χ2v) is 7.29. The Kier molecular flexibility index (Phi) is 3.23. The lowest BCUT2D eigenvalue weighted by molar-refractivity contribution is -0.119. The van der Waals surface area contributed by atoms with Gasteiger partial charge in [-0.25, -0.2) is 0 Å². The molecule has 2 atom stereocenters. The quantitative estimate of drug-likeness (QED) is 0.794. The number of nitrogens with zero attached hydrogens (tertiary/aromatic N) is 2. The van der Waals surface area contributed by atoms with E-state index in [-0.39, 0.29) is 0 Å². The molecule has 3 heteroatoms. The van der Waals surface area contributed by atoms with Crippen LogP contribution in [0.4, 0.5) is 0 Å². The van der Waals surface area contributed by atoms with E-state index in [2.05, 4.69) is 53.4 Å². The molecule has 1 amide bonds. The Bertz CT molecular complexity index is 727. The van der Waals surface area contributed by atoms with Gasteiger partial charge in [-0.05, 0) is 40.5 Å². The minimum absolute atomic E-state index is 0.332. The molecule has 1 heterocycles. The Hall–Kier alpha value is -2.13. The van der Waals surface area contributed by atoms with Crippen molar-refractivity contribution in [3.63, 3.8) is 0 Å². The van der Waals surface area contributed by atoms with Crippen LogP contribution in [0.15, 0.2) is 48.5 Å². The summed E-state index contributed by atoms with van der Waals surface area (Å²) in [6, 6.07) is 18.4. The van der Waals surface area contributed by atoms with Crippen molar-refractivity contribution in [3.05, 3.63) is 70.8 Å². The fourth-order valence-electron chi connectivity index (χ4n) is 4.74. The summed E-state index contributed by atoms with van der Waals surface area (Å²) in [5.74, 6) is 1.40. The van der Waals surface area contributed by atoms with Crippen LogP contribution < -0.4 is 0 Å². The van der Waals surface area contributed by atoms with Crippen molar-refractivity contribution in [1.29, 1.82) is 0 Å². The van der Waals surface area contributed by atoms with Gasteiger partial charge in [0.25, 0.3) is 0 Å². The third-order valence-electron chi connectivity index (χ3n) is 6.03. The van der Waals surface area contributed by atoms with E-state index in [1.807, 2.05) is 4.90 Å². The zero-order valence-corrected chi connectivity index (χ0v) is 13.8. The van der Waals surface area contributed by atoms with Gasteiger partial charge in [0.05, 0.1) is 6.04 Å². The molecular formula is C21H22N2O. The van der Waals surface area contributed by atoms with E-state index in [1.54, 1.807) is 11.1 Å². The molecule has 0 spiro atoms. The predicted octanol–water partition coefficient (Wildman–Crippen LogP) is 3.13. The van der Waals surface area contributed by atoms with Crippen molar-refractivity contribution >= 4 is 6.41 Å². The van der Waals surface area contributed by atoms with E-state index in [1.165, 1.54) is 17.5 Å². The van der Waals surface area contributed by atoms with Crippen LogP contribution in [0, 0.1) is 0 Å². The molecule has 0 N–H and O–H groups in total. The van der Waals surface area contributed by atoms with E-state index in [0.717, 1.165) is 32.6 Å². The van der Waals surface area contributed by atoms with E-state index in [0.29, 0.717) is 17.9 Å². The van der Waals surface area contributed by atoms with Gasteiger partial charge in [-0.1, -0.05) is 48.5 Å². The van der Waals surface area contributed by atoms with Crippen molar-refractivity contribution in [2.45, 2.75) is 24.3 Å². The highest BCUT2D eigenvalue weighted by molar-refractivity contribution is 5.53. The first-order chi connectivity index (χ1) is 11.9. The van der Waals surface area contributed by atoms with Gasteiger partial charge in [0, 0.05) is 26.2 Å². The van der Waals surface area contributed by atoms with Crippen molar-refractivity contribution in [3.8, 4) is 0 Å². The first-order valence-electron chi connectivity index (χ1n) is 8.98. The molecule has 2 aliphatic carbocycles. The predicted molar refractivity (Wildman–Crippen MR) is 94.0 cm³/mol. The summed E-state index contributed by atoms with van der Waals surface area (Å²) in [5, 5.41) is 0. The molecule has 2 aromatic rings. The number of fused-ring (bicyclic) bond motifs is 5. The monoisotopic (exact) mass is 318 g/mol. The summed E-state index contributed by atoms with van der Waals surface area (Å²) < 4.78 is 0. The van der Waals surface area contributed by atoms with Crippen molar-refractivity contribution in [1.82, 2.24) is 9.80 Å². The number of hydrogen-bond donors (Lipinski definition) is 0. The molecule has 3 aliphatic rings. The van der Waals surface area contributed by atoms with Crippen molar-refractivity contribution in [2.75, 3.05) is 26.2 Å². The maximum Gasteiger partial charge on any atom is 0.209 e. The summed E-state index contributed by atoms with van der Waals surface area (Å²) >= 11 is 0. The molecule has 3 nitrogen and oxygen atoms in total. The van der Waals surface area contributed by atoms with Gasteiger partial charge >= 0.3 is 0 Å². The molecule has 122 valence electrons. The molecule has 1 saturated carbocycles. The van der Waals surface area contributed by atoms with Gasteiger partial charge in [0.15, 0.2) is 0 Å². The molecule has 24 heavy (non-hydrogen) atoms. The first-order valence-corrected chi connectivity index (χ1v) is 8.98. The van der Waals surface area contributed by atoms with Crippen LogP contribution in [0.1, 0.15) is 46.6 Å². The maximum atomic E-state index is 11.1. The minimum Gasteiger partial charge on any atom is -0.343 e. The Labute approximate surface area is 142 Å². The molecule has 2 fully saturated rings. The molecule has 1 saturated heterocycles. The fourth-order valence-corrected chi connectivity index (χ4v) is 4.74. The number of hydrogen-bond acceptors (Lipinski definition) is 2. The summed E-state index contributed by atoms with van der Waals surface area (Å²) in [5.41, 5.74) is 6.05. The molecule has 5 rings (SSSR count). The highest BCUT2D eigenvalue weighted by atomic mass is 16.1. The van der Waals surface area contributed by atoms with Crippen LogP contribution in [0.2, 0.25) is 0 Å². The Morgan fingerprint density at radius 3 is 1.75 bits per heavy atom. The van der Waals surface area contributed by atoms with E-state index in [4.69, 9.17) is 0 Å². The van der Waals surface area contributed by atoms with E-state index < -0.39 is 0 Å². The number of amides is 1. The van der Waals surface area contributed by atoms with Crippen LogP contribution in [-0.2, 0) is 4.79 Å². The van der Waals surface area contributed by atoms with Crippen LogP contribution >= 0.6 is 0 Å². The summed E-state index contributed by atoms with van der Waals surface area (Å²) in [6.45, 7) is 3.55. The maximum absolute atomic E-state index is 11.1. The third kappa shape index (κ3) is 2.11. The molecule has 1 aliphatic heterocycles. The summed E-state index contributed by atoms with van der Waals surface area (Å²) in [4.78, 5) is 15.5. The van der Waals surface area contributed by atoms with Gasteiger partial charge in [-0.15, -0.1) is 0 Å². The highest BCUT2D eigenvalue weighted by Crippen LogP contribution is 2.60. The largest absolute Gasteiger partial charge is 0.343 e. The normalized spacial score (nSPS) is 28.3. The van der Waals surface area contributed by atoms with Crippen LogP contribution in [0.25, 0.3) is 0 Å². The zero-order valence-electron chi connectivity index (χ0n) is 13.8. The number of carbonyl (C=O) groups is 1. The minimum atomic E-state index is 0.332. The standard InChI is InChI=1S/C21H22N2O/c24-14-22-9-11-23(12-10-22)21-17-7-3-1-5-15(17)19-13-20(19)16-6-2-4-8-18(16)21/h1-8,14,19-21H,9-13H2. The second kappa shape index (κ2) is 5.45. The third-order valence-corrected chi connectivity index (χ3v) is 6.03. The molecule has 2 aromatic carbocycles. The topological polar surface area (TPSA) is 23.6 Å². The van der Waals surface area contributed by atoms with Gasteiger partial charge in [0.1, 0.15) is 0 Å². The average Bonchev–Trinajstić information content (AvgIpc) is 3.44. The van der Waals surface area contributed by atoms with Crippen LogP contribution in [-0.4, -0.2) is 42.4 Å². The lowest BCUT2D eigenvalue weighted by Gasteiger charge is -2.39. The van der Waals surface area contributed by atoms with Crippen molar-refractivity contribution < 1.29 is 4.79 Å². The van der Waals surface area contributed by atoms with Gasteiger partial charge < -0.3 is 4.90 Å². The lowest BCUT2D eigenvalue weighted by atomic mass is 9.90. The zero-order chi connectivity index (χ0) is 16.1. The molecule has 0 bridgehead atoms. The van der Waals surface area contributed by atoms with Gasteiger partial charge in [-0.3, -0.25) is 9.69 Å².